The SMILES string of the molecule is CC(=O)N1CCN(C(=O)c2[nH]c3ccc(F)c(Cl)c3c2Cl)[C@@H](C)C1. The molecule has 24 heavy (non-hydrogen) atoms. The molecule has 0 radical (unpaired) electrons. The Labute approximate surface area is 148 Å². The molecule has 8 heteroatoms. The van der Waals surface area contributed by atoms with Gasteiger partial charge in [0, 0.05) is 43.5 Å². The van der Waals surface area contributed by atoms with E-state index in [2.05, 4.69) is 4.98 Å². The standard InChI is InChI=1S/C16H16Cl2FN3O2/c1-8-7-21(9(2)23)5-6-22(8)16(24)15-14(18)12-11(20-15)4-3-10(19)13(12)17/h3-4,8,20H,5-7H2,1-2H3/t8-/m0/s1. The molecular weight excluding hydrogens is 356 g/mol. The number of halogens is 3. The number of hydrogen-bond acceptors (Lipinski definition) is 2. The van der Waals surface area contributed by atoms with Crippen molar-refractivity contribution in [2.75, 3.05) is 19.6 Å². The van der Waals surface area contributed by atoms with Crippen LogP contribution in [0.3, 0.4) is 0 Å². The number of aromatic nitrogens is 1. The van der Waals surface area contributed by atoms with Crippen molar-refractivity contribution in [1.29, 1.82) is 0 Å². The fourth-order valence-electron chi connectivity index (χ4n) is 3.02. The van der Waals surface area contributed by atoms with Crippen LogP contribution in [0.15, 0.2) is 12.1 Å². The third-order valence-electron chi connectivity index (χ3n) is 4.34. The van der Waals surface area contributed by atoms with Crippen molar-refractivity contribution in [1.82, 2.24) is 14.8 Å². The molecule has 1 saturated heterocycles. The first-order valence-corrected chi connectivity index (χ1v) is 8.28. The molecule has 5 nitrogen and oxygen atoms in total. The molecule has 2 heterocycles. The van der Waals surface area contributed by atoms with Crippen LogP contribution in [-0.2, 0) is 4.79 Å². The second-order valence-electron chi connectivity index (χ2n) is 5.91. The highest BCUT2D eigenvalue weighted by atomic mass is 35.5. The lowest BCUT2D eigenvalue weighted by atomic mass is 10.1. The van der Waals surface area contributed by atoms with Gasteiger partial charge in [-0.2, -0.15) is 0 Å². The van der Waals surface area contributed by atoms with Gasteiger partial charge in [-0.05, 0) is 19.1 Å². The van der Waals surface area contributed by atoms with Crippen LogP contribution in [0.5, 0.6) is 0 Å². The lowest BCUT2D eigenvalue weighted by molar-refractivity contribution is -0.131. The van der Waals surface area contributed by atoms with Gasteiger partial charge in [-0.25, -0.2) is 4.39 Å². The van der Waals surface area contributed by atoms with Crippen molar-refractivity contribution in [2.24, 2.45) is 0 Å². The summed E-state index contributed by atoms with van der Waals surface area (Å²) in [6.45, 7) is 4.73. The maximum atomic E-state index is 13.6. The van der Waals surface area contributed by atoms with Crippen molar-refractivity contribution in [3.63, 3.8) is 0 Å². The topological polar surface area (TPSA) is 56.4 Å². The molecule has 1 aliphatic rings. The highest BCUT2D eigenvalue weighted by Crippen LogP contribution is 2.35. The molecular formula is C16H16Cl2FN3O2. The zero-order valence-electron chi connectivity index (χ0n) is 13.2. The summed E-state index contributed by atoms with van der Waals surface area (Å²) in [5.74, 6) is -0.893. The molecule has 2 amide bonds. The Bertz CT molecular complexity index is 836. The van der Waals surface area contributed by atoms with Crippen LogP contribution in [0.25, 0.3) is 10.9 Å². The van der Waals surface area contributed by atoms with Crippen LogP contribution in [0.2, 0.25) is 10.0 Å². The minimum atomic E-state index is -0.590. The summed E-state index contributed by atoms with van der Waals surface area (Å²) < 4.78 is 13.6. The summed E-state index contributed by atoms with van der Waals surface area (Å²) >= 11 is 12.3. The molecule has 128 valence electrons. The van der Waals surface area contributed by atoms with Crippen LogP contribution in [-0.4, -0.2) is 52.3 Å². The maximum absolute atomic E-state index is 13.6. The number of H-pyrrole nitrogens is 1. The molecule has 0 saturated carbocycles. The van der Waals surface area contributed by atoms with Gasteiger partial charge in [0.25, 0.3) is 5.91 Å². The largest absolute Gasteiger partial charge is 0.349 e. The first-order valence-electron chi connectivity index (χ1n) is 7.53. The number of nitrogens with zero attached hydrogens (tertiary/aromatic N) is 2. The Kier molecular flexibility index (Phi) is 4.44. The second kappa shape index (κ2) is 6.26. The van der Waals surface area contributed by atoms with Gasteiger partial charge in [-0.1, -0.05) is 23.2 Å². The number of carbonyl (C=O) groups is 2. The van der Waals surface area contributed by atoms with Crippen molar-refractivity contribution in [3.05, 3.63) is 33.7 Å². The van der Waals surface area contributed by atoms with Gasteiger partial charge in [0.2, 0.25) is 5.91 Å². The molecule has 1 N–H and O–H groups in total. The molecule has 2 aromatic rings. The first kappa shape index (κ1) is 17.0. The number of nitrogens with one attached hydrogen (secondary N) is 1. The smallest absolute Gasteiger partial charge is 0.272 e. The van der Waals surface area contributed by atoms with Gasteiger partial charge in [0.15, 0.2) is 0 Å². The van der Waals surface area contributed by atoms with E-state index in [0.717, 1.165) is 0 Å². The van der Waals surface area contributed by atoms with E-state index in [1.54, 1.807) is 9.80 Å². The van der Waals surface area contributed by atoms with Crippen LogP contribution in [0.4, 0.5) is 4.39 Å². The van der Waals surface area contributed by atoms with Gasteiger partial charge >= 0.3 is 0 Å². The Morgan fingerprint density at radius 1 is 1.25 bits per heavy atom. The lowest BCUT2D eigenvalue weighted by Gasteiger charge is -2.39. The first-order chi connectivity index (χ1) is 11.3. The number of benzene rings is 1. The fourth-order valence-corrected chi connectivity index (χ4v) is 3.65. The summed E-state index contributed by atoms with van der Waals surface area (Å²) in [6.07, 6.45) is 0. The van der Waals surface area contributed by atoms with Crippen LogP contribution >= 0.6 is 23.2 Å². The predicted molar refractivity (Wildman–Crippen MR) is 91.0 cm³/mol. The average molecular weight is 372 g/mol. The quantitative estimate of drug-likeness (QED) is 0.835. The van der Waals surface area contributed by atoms with Crippen LogP contribution in [0, 0.1) is 5.82 Å². The lowest BCUT2D eigenvalue weighted by Crippen LogP contribution is -2.55. The number of aromatic amines is 1. The van der Waals surface area contributed by atoms with E-state index >= 15 is 0 Å². The van der Waals surface area contributed by atoms with Crippen molar-refractivity contribution < 1.29 is 14.0 Å². The van der Waals surface area contributed by atoms with Gasteiger partial charge in [-0.15, -0.1) is 0 Å². The Hall–Kier alpha value is -1.79. The third kappa shape index (κ3) is 2.74. The minimum absolute atomic E-state index is 0.0140. The highest BCUT2D eigenvalue weighted by Gasteiger charge is 2.31. The molecule has 1 aliphatic heterocycles. The number of piperazine rings is 1. The third-order valence-corrected chi connectivity index (χ3v) is 5.09. The Morgan fingerprint density at radius 3 is 2.58 bits per heavy atom. The van der Waals surface area contributed by atoms with Crippen LogP contribution in [0.1, 0.15) is 24.3 Å². The van der Waals surface area contributed by atoms with E-state index in [-0.39, 0.29) is 33.6 Å². The summed E-state index contributed by atoms with van der Waals surface area (Å²) in [5, 5.41) is 0.305. The minimum Gasteiger partial charge on any atom is -0.349 e. The predicted octanol–water partition coefficient (Wildman–Crippen LogP) is 3.31. The normalized spacial score (nSPS) is 18.3. The van der Waals surface area contributed by atoms with Crippen molar-refractivity contribution in [2.45, 2.75) is 19.9 Å². The summed E-state index contributed by atoms with van der Waals surface area (Å²) in [4.78, 5) is 30.6. The zero-order chi connectivity index (χ0) is 17.6. The summed E-state index contributed by atoms with van der Waals surface area (Å²) in [5.41, 5.74) is 0.687. The highest BCUT2D eigenvalue weighted by molar-refractivity contribution is 6.44. The van der Waals surface area contributed by atoms with E-state index in [0.29, 0.717) is 30.5 Å². The second-order valence-corrected chi connectivity index (χ2v) is 6.67. The number of fused-ring (bicyclic) bond motifs is 1. The molecule has 0 aliphatic carbocycles. The molecule has 1 atom stereocenters. The van der Waals surface area contributed by atoms with E-state index < -0.39 is 5.82 Å². The molecule has 1 aromatic carbocycles. The Balaban J connectivity index is 1.94. The Morgan fingerprint density at radius 2 is 1.96 bits per heavy atom. The number of carbonyl (C=O) groups excluding carboxylic acids is 2. The molecule has 3 rings (SSSR count). The van der Waals surface area contributed by atoms with E-state index in [4.69, 9.17) is 23.2 Å². The van der Waals surface area contributed by atoms with E-state index in [9.17, 15) is 14.0 Å². The molecule has 0 unspecified atom stereocenters. The zero-order valence-corrected chi connectivity index (χ0v) is 14.7. The van der Waals surface area contributed by atoms with Crippen LogP contribution < -0.4 is 0 Å². The molecule has 0 spiro atoms. The number of hydrogen-bond donors (Lipinski definition) is 1. The average Bonchev–Trinajstić information content (AvgIpc) is 2.87. The van der Waals surface area contributed by atoms with Crippen molar-refractivity contribution in [3.8, 4) is 0 Å². The van der Waals surface area contributed by atoms with Gasteiger partial charge in [0.05, 0.1) is 10.0 Å². The molecule has 1 fully saturated rings. The van der Waals surface area contributed by atoms with Crippen molar-refractivity contribution >= 4 is 45.9 Å². The van der Waals surface area contributed by atoms with Gasteiger partial charge < -0.3 is 14.8 Å². The van der Waals surface area contributed by atoms with E-state index in [1.807, 2.05) is 6.92 Å². The monoisotopic (exact) mass is 371 g/mol. The summed E-state index contributed by atoms with van der Waals surface area (Å²) in [6, 6.07) is 2.57. The van der Waals surface area contributed by atoms with Gasteiger partial charge in [-0.3, -0.25) is 9.59 Å². The molecule has 1 aromatic heterocycles. The maximum Gasteiger partial charge on any atom is 0.272 e. The van der Waals surface area contributed by atoms with Gasteiger partial charge in [0.1, 0.15) is 11.5 Å². The fraction of sp³-hybridized carbons (Fsp3) is 0.375. The number of rotatable bonds is 1. The summed E-state index contributed by atoms with van der Waals surface area (Å²) in [7, 11) is 0. The van der Waals surface area contributed by atoms with E-state index in [1.165, 1.54) is 19.1 Å². The molecule has 0 bridgehead atoms. The number of amides is 2.